The van der Waals surface area contributed by atoms with E-state index in [1.165, 1.54) is 0 Å². The maximum atomic E-state index is 14.1. The molecule has 2 atom stereocenters. The summed E-state index contributed by atoms with van der Waals surface area (Å²) in [5, 5.41) is 11.1. The van der Waals surface area contributed by atoms with Crippen molar-refractivity contribution in [2.45, 2.75) is 18.9 Å². The second-order valence-electron chi connectivity index (χ2n) is 4.82. The lowest BCUT2D eigenvalue weighted by molar-refractivity contribution is 0.143. The van der Waals surface area contributed by atoms with Crippen molar-refractivity contribution in [2.75, 3.05) is 6.54 Å². The smallest absolute Gasteiger partial charge is 0.131 e. The third kappa shape index (κ3) is 3.01. The zero-order valence-electron chi connectivity index (χ0n) is 11.2. The maximum Gasteiger partial charge on any atom is 0.131 e. The largest absolute Gasteiger partial charge is 0.388 e. The van der Waals surface area contributed by atoms with Crippen LogP contribution in [-0.4, -0.2) is 11.7 Å². The van der Waals surface area contributed by atoms with E-state index in [1.54, 1.807) is 49.4 Å². The molecule has 0 radical (unpaired) electrons. The highest BCUT2D eigenvalue weighted by Crippen LogP contribution is 2.32. The Labute approximate surface area is 123 Å². The van der Waals surface area contributed by atoms with Gasteiger partial charge >= 0.3 is 0 Å². The Balaban J connectivity index is 2.36. The van der Waals surface area contributed by atoms with Gasteiger partial charge in [0, 0.05) is 23.0 Å². The third-order valence-electron chi connectivity index (χ3n) is 3.47. The number of rotatable bonds is 4. The highest BCUT2D eigenvalue weighted by Gasteiger charge is 2.24. The standard InChI is InChI=1S/C16H17ClFNO/c1-10-3-2-4-13(15(10)18)16(20)14(9-19)11-5-7-12(17)8-6-11/h2-8,14,16,20H,9,19H2,1H3. The van der Waals surface area contributed by atoms with Gasteiger partial charge in [0.05, 0.1) is 6.10 Å². The van der Waals surface area contributed by atoms with Crippen molar-refractivity contribution in [3.63, 3.8) is 0 Å². The Hall–Kier alpha value is -1.42. The molecule has 3 N–H and O–H groups in total. The van der Waals surface area contributed by atoms with E-state index in [-0.39, 0.29) is 23.8 Å². The Morgan fingerprint density at radius 3 is 2.45 bits per heavy atom. The summed E-state index contributed by atoms with van der Waals surface area (Å²) < 4.78 is 14.1. The topological polar surface area (TPSA) is 46.2 Å². The summed E-state index contributed by atoms with van der Waals surface area (Å²) >= 11 is 5.85. The lowest BCUT2D eigenvalue weighted by atomic mass is 9.88. The summed E-state index contributed by atoms with van der Waals surface area (Å²) in [6.45, 7) is 1.89. The molecule has 0 bridgehead atoms. The van der Waals surface area contributed by atoms with Crippen molar-refractivity contribution in [3.05, 3.63) is 70.0 Å². The average molecular weight is 294 g/mol. The molecule has 0 aromatic heterocycles. The van der Waals surface area contributed by atoms with Gasteiger partial charge in [0.25, 0.3) is 0 Å². The molecule has 0 aliphatic carbocycles. The van der Waals surface area contributed by atoms with Gasteiger partial charge in [0.15, 0.2) is 0 Å². The first-order chi connectivity index (χ1) is 9.54. The minimum atomic E-state index is -0.985. The average Bonchev–Trinajstić information content (AvgIpc) is 2.44. The third-order valence-corrected chi connectivity index (χ3v) is 3.73. The summed E-state index contributed by atoms with van der Waals surface area (Å²) in [4.78, 5) is 0. The van der Waals surface area contributed by atoms with Crippen LogP contribution in [0.2, 0.25) is 5.02 Å². The first-order valence-corrected chi connectivity index (χ1v) is 6.81. The van der Waals surface area contributed by atoms with Crippen LogP contribution in [0.25, 0.3) is 0 Å². The highest BCUT2D eigenvalue weighted by atomic mass is 35.5. The van der Waals surface area contributed by atoms with Gasteiger partial charge in [0.1, 0.15) is 5.82 Å². The molecule has 0 heterocycles. The Bertz CT molecular complexity index is 586. The van der Waals surface area contributed by atoms with Crippen LogP contribution in [-0.2, 0) is 0 Å². The monoisotopic (exact) mass is 293 g/mol. The van der Waals surface area contributed by atoms with Gasteiger partial charge in [-0.3, -0.25) is 0 Å². The van der Waals surface area contributed by atoms with Crippen molar-refractivity contribution >= 4 is 11.6 Å². The summed E-state index contributed by atoms with van der Waals surface area (Å²) in [5.41, 5.74) is 7.37. The van der Waals surface area contributed by atoms with E-state index in [0.717, 1.165) is 5.56 Å². The van der Waals surface area contributed by atoms with Crippen LogP contribution in [0.1, 0.15) is 28.7 Å². The van der Waals surface area contributed by atoms with Crippen molar-refractivity contribution in [3.8, 4) is 0 Å². The van der Waals surface area contributed by atoms with Crippen LogP contribution < -0.4 is 5.73 Å². The van der Waals surface area contributed by atoms with Crippen molar-refractivity contribution < 1.29 is 9.50 Å². The normalized spacial score (nSPS) is 14.1. The van der Waals surface area contributed by atoms with E-state index in [1.807, 2.05) is 0 Å². The predicted octanol–water partition coefficient (Wildman–Crippen LogP) is 3.56. The van der Waals surface area contributed by atoms with Crippen LogP contribution in [0.4, 0.5) is 4.39 Å². The second kappa shape index (κ2) is 6.35. The number of hydrogen-bond donors (Lipinski definition) is 2. The molecule has 4 heteroatoms. The van der Waals surface area contributed by atoms with E-state index in [0.29, 0.717) is 10.6 Å². The molecule has 0 fully saturated rings. The SMILES string of the molecule is Cc1cccc(C(O)C(CN)c2ccc(Cl)cc2)c1F. The molecule has 2 aromatic carbocycles. The summed E-state index contributed by atoms with van der Waals surface area (Å²) in [5.74, 6) is -0.754. The lowest BCUT2D eigenvalue weighted by Crippen LogP contribution is -2.21. The summed E-state index contributed by atoms with van der Waals surface area (Å²) in [6.07, 6.45) is -0.985. The van der Waals surface area contributed by atoms with Gasteiger partial charge in [-0.25, -0.2) is 4.39 Å². The molecular weight excluding hydrogens is 277 g/mol. The van der Waals surface area contributed by atoms with E-state index in [9.17, 15) is 9.50 Å². The molecule has 0 spiro atoms. The Morgan fingerprint density at radius 2 is 1.85 bits per heavy atom. The molecule has 0 amide bonds. The van der Waals surface area contributed by atoms with E-state index >= 15 is 0 Å². The van der Waals surface area contributed by atoms with Crippen molar-refractivity contribution in [1.82, 2.24) is 0 Å². The van der Waals surface area contributed by atoms with E-state index < -0.39 is 6.10 Å². The van der Waals surface area contributed by atoms with Gasteiger partial charge in [-0.05, 0) is 30.2 Å². The molecule has 2 unspecified atom stereocenters. The molecule has 2 nitrogen and oxygen atoms in total. The Morgan fingerprint density at radius 1 is 1.20 bits per heavy atom. The van der Waals surface area contributed by atoms with Gasteiger partial charge in [-0.2, -0.15) is 0 Å². The molecule has 0 aliphatic rings. The number of benzene rings is 2. The van der Waals surface area contributed by atoms with Gasteiger partial charge in [0.2, 0.25) is 0 Å². The molecule has 0 saturated carbocycles. The number of hydrogen-bond acceptors (Lipinski definition) is 2. The Kier molecular flexibility index (Phi) is 4.76. The highest BCUT2D eigenvalue weighted by molar-refractivity contribution is 6.30. The number of halogens is 2. The molecule has 106 valence electrons. The predicted molar refractivity (Wildman–Crippen MR) is 79.3 cm³/mol. The first kappa shape index (κ1) is 15.0. The molecule has 0 aliphatic heterocycles. The minimum absolute atomic E-state index is 0.218. The van der Waals surface area contributed by atoms with Crippen molar-refractivity contribution in [2.24, 2.45) is 5.73 Å². The molecule has 2 aromatic rings. The van der Waals surface area contributed by atoms with E-state index in [2.05, 4.69) is 0 Å². The minimum Gasteiger partial charge on any atom is -0.388 e. The fraction of sp³-hybridized carbons (Fsp3) is 0.250. The zero-order chi connectivity index (χ0) is 14.7. The van der Waals surface area contributed by atoms with Crippen LogP contribution in [0, 0.1) is 12.7 Å². The van der Waals surface area contributed by atoms with E-state index in [4.69, 9.17) is 17.3 Å². The van der Waals surface area contributed by atoms with Gasteiger partial charge < -0.3 is 10.8 Å². The first-order valence-electron chi connectivity index (χ1n) is 6.43. The van der Waals surface area contributed by atoms with Crippen LogP contribution in [0.3, 0.4) is 0 Å². The maximum absolute atomic E-state index is 14.1. The molecular formula is C16H17ClFNO. The van der Waals surface area contributed by atoms with Gasteiger partial charge in [-0.15, -0.1) is 0 Å². The zero-order valence-corrected chi connectivity index (χ0v) is 11.9. The summed E-state index contributed by atoms with van der Waals surface area (Å²) in [7, 11) is 0. The number of aliphatic hydroxyl groups excluding tert-OH is 1. The fourth-order valence-corrected chi connectivity index (χ4v) is 2.40. The summed E-state index contributed by atoms with van der Waals surface area (Å²) in [6, 6.07) is 12.1. The number of nitrogens with two attached hydrogens (primary N) is 1. The van der Waals surface area contributed by atoms with Crippen molar-refractivity contribution in [1.29, 1.82) is 0 Å². The lowest BCUT2D eigenvalue weighted by Gasteiger charge is -2.23. The van der Waals surface area contributed by atoms with Gasteiger partial charge in [-0.1, -0.05) is 41.9 Å². The fourth-order valence-electron chi connectivity index (χ4n) is 2.27. The van der Waals surface area contributed by atoms with Crippen LogP contribution in [0.15, 0.2) is 42.5 Å². The second-order valence-corrected chi connectivity index (χ2v) is 5.25. The quantitative estimate of drug-likeness (QED) is 0.905. The van der Waals surface area contributed by atoms with Crippen LogP contribution >= 0.6 is 11.6 Å². The molecule has 20 heavy (non-hydrogen) atoms. The number of aryl methyl sites for hydroxylation is 1. The number of aliphatic hydroxyl groups is 1. The van der Waals surface area contributed by atoms with Crippen LogP contribution in [0.5, 0.6) is 0 Å². The molecule has 2 rings (SSSR count). The molecule has 0 saturated heterocycles.